The van der Waals surface area contributed by atoms with Crippen LogP contribution in [0.15, 0.2) is 16.7 Å². The Balaban J connectivity index is 2.18. The molecule has 0 aliphatic heterocycles. The molecule has 0 saturated heterocycles. The van der Waals surface area contributed by atoms with Crippen molar-refractivity contribution in [3.05, 3.63) is 23.7 Å². The molecular weight excluding hydrogens is 180 g/mol. The van der Waals surface area contributed by atoms with Crippen LogP contribution in [0.4, 0.5) is 0 Å². The molecule has 0 aliphatic rings. The minimum atomic E-state index is 0.515. The maximum absolute atomic E-state index is 5.45. The number of likely N-dealkylation sites (N-methyl/N-ethyl adjacent to an activating group) is 1. The van der Waals surface area contributed by atoms with Crippen LogP contribution in [0, 0.1) is 0 Å². The number of nitrogens with zero attached hydrogens (tertiary/aromatic N) is 1. The fourth-order valence-electron chi connectivity index (χ4n) is 1.03. The summed E-state index contributed by atoms with van der Waals surface area (Å²) in [5.74, 6) is 0.837. The van der Waals surface area contributed by atoms with E-state index in [1.54, 1.807) is 6.26 Å². The molecule has 2 N–H and O–H groups in total. The molecule has 0 unspecified atom stereocenters. The van der Waals surface area contributed by atoms with Crippen LogP contribution in [-0.4, -0.2) is 32.1 Å². The molecular formula is C10H18N2O2. The van der Waals surface area contributed by atoms with E-state index >= 15 is 0 Å². The minimum Gasteiger partial charge on any atom is -0.467 e. The molecule has 1 heterocycles. The van der Waals surface area contributed by atoms with Crippen LogP contribution in [-0.2, 0) is 17.9 Å². The topological polar surface area (TPSA) is 51.6 Å². The van der Waals surface area contributed by atoms with Gasteiger partial charge in [0.05, 0.1) is 12.9 Å². The second kappa shape index (κ2) is 5.80. The van der Waals surface area contributed by atoms with E-state index in [1.165, 1.54) is 0 Å². The molecule has 0 aliphatic carbocycles. The fraction of sp³-hybridized carbons (Fsp3) is 0.600. The number of hydrogen-bond donors (Lipinski definition) is 1. The number of rotatable bonds is 6. The van der Waals surface area contributed by atoms with Gasteiger partial charge in [-0.05, 0) is 20.2 Å². The molecule has 1 rings (SSSR count). The van der Waals surface area contributed by atoms with Crippen LogP contribution < -0.4 is 5.73 Å². The first-order valence-electron chi connectivity index (χ1n) is 4.71. The average Bonchev–Trinajstić information content (AvgIpc) is 2.60. The lowest BCUT2D eigenvalue weighted by Gasteiger charge is -2.08. The number of nitrogens with two attached hydrogens (primary N) is 1. The van der Waals surface area contributed by atoms with Crippen molar-refractivity contribution in [2.45, 2.75) is 13.2 Å². The summed E-state index contributed by atoms with van der Waals surface area (Å²) >= 11 is 0. The fourth-order valence-corrected chi connectivity index (χ4v) is 1.03. The van der Waals surface area contributed by atoms with Gasteiger partial charge in [0.25, 0.3) is 0 Å². The molecule has 1 aromatic rings. The number of ether oxygens (including phenoxy) is 1. The van der Waals surface area contributed by atoms with Crippen molar-refractivity contribution < 1.29 is 9.15 Å². The summed E-state index contributed by atoms with van der Waals surface area (Å²) in [5.41, 5.74) is 6.46. The molecule has 0 fully saturated rings. The van der Waals surface area contributed by atoms with Crippen molar-refractivity contribution >= 4 is 0 Å². The second-order valence-corrected chi connectivity index (χ2v) is 3.48. The Morgan fingerprint density at radius 2 is 2.29 bits per heavy atom. The third kappa shape index (κ3) is 3.91. The molecule has 0 bridgehead atoms. The van der Waals surface area contributed by atoms with E-state index in [-0.39, 0.29) is 0 Å². The van der Waals surface area contributed by atoms with Gasteiger partial charge in [0.1, 0.15) is 12.4 Å². The largest absolute Gasteiger partial charge is 0.467 e. The van der Waals surface area contributed by atoms with Gasteiger partial charge in [-0.25, -0.2) is 0 Å². The van der Waals surface area contributed by atoms with Crippen molar-refractivity contribution in [2.24, 2.45) is 5.73 Å². The molecule has 1 aromatic heterocycles. The van der Waals surface area contributed by atoms with E-state index in [2.05, 4.69) is 4.90 Å². The van der Waals surface area contributed by atoms with Crippen molar-refractivity contribution in [2.75, 3.05) is 27.2 Å². The van der Waals surface area contributed by atoms with Crippen LogP contribution in [0.2, 0.25) is 0 Å². The van der Waals surface area contributed by atoms with Gasteiger partial charge in [-0.3, -0.25) is 0 Å². The lowest BCUT2D eigenvalue weighted by molar-refractivity contribution is 0.0926. The highest BCUT2D eigenvalue weighted by atomic mass is 16.5. The number of hydrogen-bond acceptors (Lipinski definition) is 4. The van der Waals surface area contributed by atoms with Gasteiger partial charge in [0.15, 0.2) is 0 Å². The van der Waals surface area contributed by atoms with Gasteiger partial charge in [0, 0.05) is 18.7 Å². The average molecular weight is 198 g/mol. The first-order chi connectivity index (χ1) is 6.72. The molecule has 0 radical (unpaired) electrons. The van der Waals surface area contributed by atoms with E-state index < -0.39 is 0 Å². The Labute approximate surface area is 84.6 Å². The van der Waals surface area contributed by atoms with Crippen LogP contribution in [0.3, 0.4) is 0 Å². The van der Waals surface area contributed by atoms with Gasteiger partial charge in [0.2, 0.25) is 0 Å². The normalized spacial score (nSPS) is 11.1. The van der Waals surface area contributed by atoms with Crippen molar-refractivity contribution in [1.82, 2.24) is 4.90 Å². The highest BCUT2D eigenvalue weighted by Crippen LogP contribution is 2.07. The smallest absolute Gasteiger partial charge is 0.129 e. The van der Waals surface area contributed by atoms with Crippen LogP contribution in [0.1, 0.15) is 11.3 Å². The van der Waals surface area contributed by atoms with Crippen LogP contribution in [0.25, 0.3) is 0 Å². The van der Waals surface area contributed by atoms with Crippen LogP contribution in [0.5, 0.6) is 0 Å². The first kappa shape index (κ1) is 11.2. The standard InChI is InChI=1S/C10H18N2O2/c1-12(2)3-4-13-8-10-5-9(6-11)7-14-10/h5,7H,3-4,6,8,11H2,1-2H3. The predicted molar refractivity (Wildman–Crippen MR) is 54.8 cm³/mol. The zero-order valence-electron chi connectivity index (χ0n) is 8.82. The Bertz CT molecular complexity index is 258. The summed E-state index contributed by atoms with van der Waals surface area (Å²) in [4.78, 5) is 2.08. The third-order valence-electron chi connectivity index (χ3n) is 1.87. The van der Waals surface area contributed by atoms with E-state index in [9.17, 15) is 0 Å². The van der Waals surface area contributed by atoms with Crippen LogP contribution >= 0.6 is 0 Å². The van der Waals surface area contributed by atoms with E-state index in [0.717, 1.165) is 17.9 Å². The lowest BCUT2D eigenvalue weighted by atomic mass is 10.3. The lowest BCUT2D eigenvalue weighted by Crippen LogP contribution is -2.17. The Hall–Kier alpha value is -0.840. The van der Waals surface area contributed by atoms with Gasteiger partial charge < -0.3 is 19.8 Å². The first-order valence-corrected chi connectivity index (χ1v) is 4.71. The Morgan fingerprint density at radius 3 is 2.86 bits per heavy atom. The monoisotopic (exact) mass is 198 g/mol. The molecule has 0 aromatic carbocycles. The molecule has 4 nitrogen and oxygen atoms in total. The summed E-state index contributed by atoms with van der Waals surface area (Å²) in [6.45, 7) is 2.67. The summed E-state index contributed by atoms with van der Waals surface area (Å²) in [7, 11) is 4.03. The van der Waals surface area contributed by atoms with Crippen molar-refractivity contribution in [3.8, 4) is 0 Å². The quantitative estimate of drug-likeness (QED) is 0.687. The summed E-state index contributed by atoms with van der Waals surface area (Å²) in [6, 6.07) is 1.93. The third-order valence-corrected chi connectivity index (χ3v) is 1.87. The molecule has 0 amide bonds. The maximum Gasteiger partial charge on any atom is 0.129 e. The highest BCUT2D eigenvalue weighted by Gasteiger charge is 2.00. The Kier molecular flexibility index (Phi) is 4.65. The minimum absolute atomic E-state index is 0.515. The molecule has 80 valence electrons. The molecule has 0 atom stereocenters. The van der Waals surface area contributed by atoms with E-state index in [0.29, 0.717) is 19.8 Å². The zero-order chi connectivity index (χ0) is 10.4. The molecule has 0 saturated carbocycles. The van der Waals surface area contributed by atoms with E-state index in [1.807, 2.05) is 20.2 Å². The van der Waals surface area contributed by atoms with Crippen molar-refractivity contribution in [1.29, 1.82) is 0 Å². The zero-order valence-corrected chi connectivity index (χ0v) is 8.82. The predicted octanol–water partition coefficient (Wildman–Crippen LogP) is 0.816. The summed E-state index contributed by atoms with van der Waals surface area (Å²) in [6.07, 6.45) is 1.67. The Morgan fingerprint density at radius 1 is 1.50 bits per heavy atom. The molecule has 0 spiro atoms. The second-order valence-electron chi connectivity index (χ2n) is 3.48. The van der Waals surface area contributed by atoms with Gasteiger partial charge in [-0.2, -0.15) is 0 Å². The van der Waals surface area contributed by atoms with Gasteiger partial charge in [-0.1, -0.05) is 0 Å². The van der Waals surface area contributed by atoms with Crippen molar-refractivity contribution in [3.63, 3.8) is 0 Å². The summed E-state index contributed by atoms with van der Waals surface area (Å²) < 4.78 is 10.7. The number of furan rings is 1. The van der Waals surface area contributed by atoms with Gasteiger partial charge >= 0.3 is 0 Å². The SMILES string of the molecule is CN(C)CCOCc1cc(CN)co1. The molecule has 4 heteroatoms. The van der Waals surface area contributed by atoms with E-state index in [4.69, 9.17) is 14.9 Å². The van der Waals surface area contributed by atoms with Gasteiger partial charge in [-0.15, -0.1) is 0 Å². The highest BCUT2D eigenvalue weighted by molar-refractivity contribution is 5.11. The molecule has 14 heavy (non-hydrogen) atoms. The summed E-state index contributed by atoms with van der Waals surface area (Å²) in [5, 5.41) is 0. The maximum atomic E-state index is 5.45.